The molecule has 0 saturated carbocycles. The van der Waals surface area contributed by atoms with Gasteiger partial charge in [0.05, 0.1) is 5.38 Å². The van der Waals surface area contributed by atoms with E-state index in [0.29, 0.717) is 5.82 Å². The number of halogens is 1. The van der Waals surface area contributed by atoms with Crippen molar-refractivity contribution in [3.63, 3.8) is 0 Å². The van der Waals surface area contributed by atoms with E-state index in [1.807, 2.05) is 0 Å². The van der Waals surface area contributed by atoms with E-state index in [0.717, 1.165) is 0 Å². The molecule has 0 amide bonds. The standard InChI is InChI=1S/C7H7ClN4O2/c1-2(8)4-9-3-5(10-4)11-7(14)12-6(3)13/h2H,1H3,(H3,9,10,11,12,13,14). The van der Waals surface area contributed by atoms with Crippen molar-refractivity contribution in [2.24, 2.45) is 0 Å². The maximum absolute atomic E-state index is 11.2. The number of hydrogen-bond acceptors (Lipinski definition) is 3. The van der Waals surface area contributed by atoms with Gasteiger partial charge in [0, 0.05) is 0 Å². The molecule has 0 aromatic carbocycles. The van der Waals surface area contributed by atoms with Gasteiger partial charge in [0.2, 0.25) is 0 Å². The van der Waals surface area contributed by atoms with Crippen molar-refractivity contribution in [2.45, 2.75) is 12.3 Å². The quantitative estimate of drug-likeness (QED) is 0.594. The van der Waals surface area contributed by atoms with E-state index in [9.17, 15) is 9.59 Å². The second-order valence-electron chi connectivity index (χ2n) is 2.87. The number of hydrogen-bond donors (Lipinski definition) is 3. The number of H-pyrrole nitrogens is 3. The van der Waals surface area contributed by atoms with Gasteiger partial charge >= 0.3 is 5.69 Å². The molecule has 74 valence electrons. The number of rotatable bonds is 1. The zero-order chi connectivity index (χ0) is 10.3. The smallest absolute Gasteiger partial charge is 0.327 e. The fraction of sp³-hybridized carbons (Fsp3) is 0.286. The number of imidazole rings is 1. The highest BCUT2D eigenvalue weighted by atomic mass is 35.5. The first kappa shape index (κ1) is 9.01. The minimum atomic E-state index is -0.581. The Morgan fingerprint density at radius 3 is 2.64 bits per heavy atom. The lowest BCUT2D eigenvalue weighted by atomic mass is 10.5. The summed E-state index contributed by atoms with van der Waals surface area (Å²) in [4.78, 5) is 33.3. The van der Waals surface area contributed by atoms with Crippen LogP contribution in [0.5, 0.6) is 0 Å². The molecule has 0 fully saturated rings. The normalized spacial score (nSPS) is 13.3. The third-order valence-corrected chi connectivity index (χ3v) is 1.99. The Hall–Kier alpha value is -1.56. The molecule has 3 N–H and O–H groups in total. The van der Waals surface area contributed by atoms with E-state index in [4.69, 9.17) is 11.6 Å². The van der Waals surface area contributed by atoms with E-state index in [1.165, 1.54) is 0 Å². The van der Waals surface area contributed by atoms with Crippen LogP contribution in [0.3, 0.4) is 0 Å². The van der Waals surface area contributed by atoms with Gasteiger partial charge in [0.25, 0.3) is 5.56 Å². The topological polar surface area (TPSA) is 94.4 Å². The molecular formula is C7H7ClN4O2. The van der Waals surface area contributed by atoms with Crippen LogP contribution in [-0.4, -0.2) is 19.9 Å². The van der Waals surface area contributed by atoms with E-state index >= 15 is 0 Å². The maximum Gasteiger partial charge on any atom is 0.327 e. The number of aromatic nitrogens is 4. The molecule has 0 bridgehead atoms. The molecular weight excluding hydrogens is 208 g/mol. The molecule has 0 saturated heterocycles. The molecule has 2 aromatic rings. The van der Waals surface area contributed by atoms with E-state index in [-0.39, 0.29) is 16.5 Å². The molecule has 2 rings (SSSR count). The van der Waals surface area contributed by atoms with Crippen molar-refractivity contribution < 1.29 is 0 Å². The summed E-state index contributed by atoms with van der Waals surface area (Å²) < 4.78 is 0. The molecule has 6 nitrogen and oxygen atoms in total. The zero-order valence-corrected chi connectivity index (χ0v) is 7.97. The summed E-state index contributed by atoms with van der Waals surface area (Å²) >= 11 is 5.77. The highest BCUT2D eigenvalue weighted by molar-refractivity contribution is 6.20. The molecule has 14 heavy (non-hydrogen) atoms. The Kier molecular flexibility index (Phi) is 1.92. The van der Waals surface area contributed by atoms with Crippen molar-refractivity contribution in [1.82, 2.24) is 19.9 Å². The fourth-order valence-electron chi connectivity index (χ4n) is 1.14. The number of aromatic amines is 3. The molecule has 0 aliphatic heterocycles. The number of fused-ring (bicyclic) bond motifs is 1. The summed E-state index contributed by atoms with van der Waals surface area (Å²) in [6.07, 6.45) is 0. The number of alkyl halides is 1. The maximum atomic E-state index is 11.2. The first-order valence-electron chi connectivity index (χ1n) is 3.94. The molecule has 0 aliphatic rings. The minimum Gasteiger partial charge on any atom is -0.335 e. The third-order valence-electron chi connectivity index (χ3n) is 1.78. The van der Waals surface area contributed by atoms with E-state index in [2.05, 4.69) is 19.9 Å². The lowest BCUT2D eigenvalue weighted by Crippen LogP contribution is -2.21. The van der Waals surface area contributed by atoms with Gasteiger partial charge in [-0.3, -0.25) is 14.8 Å². The Labute approximate surface area is 82.3 Å². The van der Waals surface area contributed by atoms with Gasteiger partial charge in [0.15, 0.2) is 5.65 Å². The van der Waals surface area contributed by atoms with Crippen LogP contribution in [0, 0.1) is 0 Å². The van der Waals surface area contributed by atoms with Gasteiger partial charge in [-0.15, -0.1) is 11.6 Å². The predicted molar refractivity (Wildman–Crippen MR) is 51.6 cm³/mol. The second kappa shape index (κ2) is 2.98. The first-order chi connectivity index (χ1) is 6.58. The molecule has 0 spiro atoms. The summed E-state index contributed by atoms with van der Waals surface area (Å²) in [5.74, 6) is 0.453. The average molecular weight is 215 g/mol. The fourth-order valence-corrected chi connectivity index (χ4v) is 1.24. The molecule has 0 aliphatic carbocycles. The Bertz CT molecular complexity index is 579. The van der Waals surface area contributed by atoms with Crippen molar-refractivity contribution >= 4 is 22.8 Å². The molecule has 7 heteroatoms. The van der Waals surface area contributed by atoms with Gasteiger partial charge in [-0.1, -0.05) is 0 Å². The highest BCUT2D eigenvalue weighted by Crippen LogP contribution is 2.16. The molecule has 2 aromatic heterocycles. The van der Waals surface area contributed by atoms with Crippen LogP contribution in [0.1, 0.15) is 18.1 Å². The highest BCUT2D eigenvalue weighted by Gasteiger charge is 2.10. The van der Waals surface area contributed by atoms with Gasteiger partial charge < -0.3 is 4.98 Å². The lowest BCUT2D eigenvalue weighted by molar-refractivity contribution is 0.959. The molecule has 2 heterocycles. The molecule has 1 atom stereocenters. The van der Waals surface area contributed by atoms with Crippen LogP contribution in [0.4, 0.5) is 0 Å². The van der Waals surface area contributed by atoms with Crippen molar-refractivity contribution in [3.05, 3.63) is 26.7 Å². The van der Waals surface area contributed by atoms with E-state index in [1.54, 1.807) is 6.92 Å². The monoisotopic (exact) mass is 214 g/mol. The van der Waals surface area contributed by atoms with E-state index < -0.39 is 11.2 Å². The van der Waals surface area contributed by atoms with Crippen molar-refractivity contribution in [3.8, 4) is 0 Å². The summed E-state index contributed by atoms with van der Waals surface area (Å²) in [6, 6.07) is 0. The van der Waals surface area contributed by atoms with Gasteiger partial charge in [-0.05, 0) is 6.92 Å². The van der Waals surface area contributed by atoms with Crippen LogP contribution >= 0.6 is 11.6 Å². The predicted octanol–water partition coefficient (Wildman–Crippen LogP) is 0.239. The van der Waals surface area contributed by atoms with Crippen LogP contribution < -0.4 is 11.2 Å². The van der Waals surface area contributed by atoms with Crippen LogP contribution in [-0.2, 0) is 0 Å². The first-order valence-corrected chi connectivity index (χ1v) is 4.38. The Balaban J connectivity index is 2.84. The van der Waals surface area contributed by atoms with Gasteiger partial charge in [-0.25, -0.2) is 9.78 Å². The van der Waals surface area contributed by atoms with Gasteiger partial charge in [0.1, 0.15) is 11.3 Å². The zero-order valence-electron chi connectivity index (χ0n) is 7.22. The largest absolute Gasteiger partial charge is 0.335 e. The second-order valence-corrected chi connectivity index (χ2v) is 3.52. The summed E-state index contributed by atoms with van der Waals surface area (Å²) in [5, 5.41) is -0.342. The van der Waals surface area contributed by atoms with Crippen LogP contribution in [0.25, 0.3) is 11.2 Å². The average Bonchev–Trinajstić information content (AvgIpc) is 2.47. The molecule has 1 unspecified atom stereocenters. The summed E-state index contributed by atoms with van der Waals surface area (Å²) in [7, 11) is 0. The SMILES string of the molecule is CC(Cl)c1nc2[nH]c(=O)[nH]c(=O)c2[nH]1. The lowest BCUT2D eigenvalue weighted by Gasteiger charge is -1.92. The number of nitrogens with zero attached hydrogens (tertiary/aromatic N) is 1. The minimum absolute atomic E-state index is 0.223. The summed E-state index contributed by atoms with van der Waals surface area (Å²) in [5.41, 5.74) is -0.629. The van der Waals surface area contributed by atoms with Crippen LogP contribution in [0.15, 0.2) is 9.59 Å². The third kappa shape index (κ3) is 1.33. The van der Waals surface area contributed by atoms with Gasteiger partial charge in [-0.2, -0.15) is 0 Å². The van der Waals surface area contributed by atoms with Crippen molar-refractivity contribution in [2.75, 3.05) is 0 Å². The Morgan fingerprint density at radius 2 is 2.00 bits per heavy atom. The molecule has 0 radical (unpaired) electrons. The summed E-state index contributed by atoms with van der Waals surface area (Å²) in [6.45, 7) is 1.71. The van der Waals surface area contributed by atoms with Crippen LogP contribution in [0.2, 0.25) is 0 Å². The van der Waals surface area contributed by atoms with Crippen molar-refractivity contribution in [1.29, 1.82) is 0 Å². The Morgan fingerprint density at radius 1 is 1.29 bits per heavy atom. The number of nitrogens with one attached hydrogen (secondary N) is 3.